The number of nitriles is 1. The van der Waals surface area contributed by atoms with Gasteiger partial charge in [0.05, 0.1) is 11.0 Å². The van der Waals surface area contributed by atoms with E-state index in [1.54, 1.807) is 12.4 Å². The number of pyridine rings is 1. The van der Waals surface area contributed by atoms with Gasteiger partial charge in [-0.3, -0.25) is 14.7 Å². The predicted molar refractivity (Wildman–Crippen MR) is 127 cm³/mol. The molecule has 1 amide bonds. The smallest absolute Gasteiger partial charge is 0.226 e. The molecule has 1 aromatic rings. The summed E-state index contributed by atoms with van der Waals surface area (Å²) < 4.78 is 13.9. The van der Waals surface area contributed by atoms with Crippen LogP contribution in [0, 0.1) is 34.6 Å². The van der Waals surface area contributed by atoms with Gasteiger partial charge in [0, 0.05) is 38.1 Å². The SMILES string of the molecule is CC(C)(/C(=N\C#N)NC1C2CC3CC1CC(C(=O)NCc1cccnc1)(C3)C2)N1CCC(F)C1. The van der Waals surface area contributed by atoms with Crippen LogP contribution in [-0.2, 0) is 11.3 Å². The molecule has 1 aliphatic heterocycles. The lowest BCUT2D eigenvalue weighted by Crippen LogP contribution is -2.65. The van der Waals surface area contributed by atoms with Gasteiger partial charge in [-0.1, -0.05) is 6.07 Å². The van der Waals surface area contributed by atoms with Crippen molar-refractivity contribution in [1.29, 1.82) is 5.26 Å². The van der Waals surface area contributed by atoms with E-state index in [1.807, 2.05) is 32.2 Å². The normalized spacial score (nSPS) is 35.2. The van der Waals surface area contributed by atoms with Crippen LogP contribution in [0.25, 0.3) is 0 Å². The third-order valence-electron chi connectivity index (χ3n) is 8.90. The average Bonchev–Trinajstić information content (AvgIpc) is 3.26. The van der Waals surface area contributed by atoms with Crippen LogP contribution in [0.2, 0.25) is 0 Å². The minimum Gasteiger partial charge on any atom is -0.368 e. The average molecular weight is 467 g/mol. The Bertz CT molecular complexity index is 973. The van der Waals surface area contributed by atoms with Crippen LogP contribution in [0.1, 0.15) is 57.9 Å². The van der Waals surface area contributed by atoms with Crippen LogP contribution < -0.4 is 10.6 Å². The van der Waals surface area contributed by atoms with Gasteiger partial charge in [0.1, 0.15) is 12.0 Å². The van der Waals surface area contributed by atoms with Crippen molar-refractivity contribution in [2.75, 3.05) is 13.1 Å². The molecule has 1 aromatic heterocycles. The Hall–Kier alpha value is -2.53. The van der Waals surface area contributed by atoms with Crippen LogP contribution in [0.3, 0.4) is 0 Å². The maximum Gasteiger partial charge on any atom is 0.226 e. The number of amidine groups is 1. The van der Waals surface area contributed by atoms with E-state index in [0.717, 1.165) is 37.7 Å². The molecule has 4 aliphatic carbocycles. The first-order valence-electron chi connectivity index (χ1n) is 12.6. The number of hydrogen-bond acceptors (Lipinski definition) is 5. The third-order valence-corrected chi connectivity index (χ3v) is 8.90. The minimum absolute atomic E-state index is 0.173. The number of amides is 1. The Morgan fingerprint density at radius 2 is 2.12 bits per heavy atom. The molecule has 2 heterocycles. The number of hydrogen-bond donors (Lipinski definition) is 2. The topological polar surface area (TPSA) is 93.4 Å². The summed E-state index contributed by atoms with van der Waals surface area (Å²) in [7, 11) is 0. The number of aliphatic imine (C=N–C) groups is 1. The summed E-state index contributed by atoms with van der Waals surface area (Å²) in [5, 5.41) is 16.3. The number of carbonyl (C=O) groups is 1. The van der Waals surface area contributed by atoms with E-state index >= 15 is 0 Å². The standard InChI is InChI=1S/C26H35FN6O/c1-25(2,33-7-5-21(27)15-33)23(31-16-28)32-22-19-8-18-9-20(22)12-26(10-18,11-19)24(34)30-14-17-4-3-6-29-13-17/h3-4,6,13,18-22H,5,7-12,14-15H2,1-2H3,(H,30,34)(H,31,32). The summed E-state index contributed by atoms with van der Waals surface area (Å²) in [6.07, 6.45) is 10.1. The van der Waals surface area contributed by atoms with E-state index in [2.05, 4.69) is 25.5 Å². The summed E-state index contributed by atoms with van der Waals surface area (Å²) in [5.74, 6) is 2.14. The van der Waals surface area contributed by atoms with E-state index in [-0.39, 0.29) is 17.4 Å². The van der Waals surface area contributed by atoms with Gasteiger partial charge in [0.2, 0.25) is 12.1 Å². The Kier molecular flexibility index (Phi) is 6.09. The first kappa shape index (κ1) is 23.2. The second-order valence-corrected chi connectivity index (χ2v) is 11.4. The van der Waals surface area contributed by atoms with Crippen LogP contribution in [0.4, 0.5) is 4.39 Å². The lowest BCUT2D eigenvalue weighted by Gasteiger charge is -2.59. The van der Waals surface area contributed by atoms with Crippen molar-refractivity contribution in [3.63, 3.8) is 0 Å². The van der Waals surface area contributed by atoms with Gasteiger partial charge in [-0.15, -0.1) is 0 Å². The maximum atomic E-state index is 13.9. The molecule has 6 rings (SSSR count). The molecule has 3 atom stereocenters. The van der Waals surface area contributed by atoms with Crippen molar-refractivity contribution in [1.82, 2.24) is 20.5 Å². The zero-order chi connectivity index (χ0) is 23.9. The summed E-state index contributed by atoms with van der Waals surface area (Å²) in [6, 6.07) is 4.07. The van der Waals surface area contributed by atoms with Crippen molar-refractivity contribution in [2.24, 2.45) is 28.2 Å². The van der Waals surface area contributed by atoms with Crippen molar-refractivity contribution in [3.05, 3.63) is 30.1 Å². The Morgan fingerprint density at radius 1 is 1.35 bits per heavy atom. The monoisotopic (exact) mass is 466 g/mol. The van der Waals surface area contributed by atoms with Crippen molar-refractivity contribution in [2.45, 2.75) is 76.7 Å². The first-order valence-corrected chi connectivity index (χ1v) is 12.6. The molecule has 1 saturated heterocycles. The molecule has 7 nitrogen and oxygen atoms in total. The lowest BCUT2D eigenvalue weighted by molar-refractivity contribution is -0.149. The van der Waals surface area contributed by atoms with E-state index < -0.39 is 11.7 Å². The molecule has 0 spiro atoms. The number of carbonyl (C=O) groups excluding carboxylic acids is 1. The quantitative estimate of drug-likeness (QED) is 0.382. The fourth-order valence-electron chi connectivity index (χ4n) is 7.34. The third kappa shape index (κ3) is 4.19. The maximum absolute atomic E-state index is 13.9. The fourth-order valence-corrected chi connectivity index (χ4v) is 7.34. The molecule has 8 heteroatoms. The van der Waals surface area contributed by atoms with Gasteiger partial charge in [-0.25, -0.2) is 4.39 Å². The van der Waals surface area contributed by atoms with Crippen LogP contribution in [0.5, 0.6) is 0 Å². The number of rotatable bonds is 6. The zero-order valence-electron chi connectivity index (χ0n) is 20.1. The molecule has 34 heavy (non-hydrogen) atoms. The second-order valence-electron chi connectivity index (χ2n) is 11.4. The van der Waals surface area contributed by atoms with Gasteiger partial charge in [-0.05, 0) is 81.8 Å². The molecule has 5 aliphatic rings. The molecule has 4 saturated carbocycles. The van der Waals surface area contributed by atoms with Crippen molar-refractivity contribution < 1.29 is 9.18 Å². The van der Waals surface area contributed by atoms with Gasteiger partial charge >= 0.3 is 0 Å². The second kappa shape index (κ2) is 8.92. The van der Waals surface area contributed by atoms with Gasteiger partial charge in [0.15, 0.2) is 0 Å². The largest absolute Gasteiger partial charge is 0.368 e. The van der Waals surface area contributed by atoms with Gasteiger partial charge < -0.3 is 10.6 Å². The minimum atomic E-state index is -0.825. The Labute approximate surface area is 201 Å². The molecule has 182 valence electrons. The van der Waals surface area contributed by atoms with Crippen LogP contribution in [-0.4, -0.2) is 52.5 Å². The number of nitrogens with one attached hydrogen (secondary N) is 2. The van der Waals surface area contributed by atoms with Gasteiger partial charge in [0.25, 0.3) is 0 Å². The summed E-state index contributed by atoms with van der Waals surface area (Å²) >= 11 is 0. The van der Waals surface area contributed by atoms with Crippen LogP contribution in [0.15, 0.2) is 29.5 Å². The molecule has 2 N–H and O–H groups in total. The number of alkyl halides is 1. The molecule has 0 radical (unpaired) electrons. The number of halogens is 1. The number of likely N-dealkylation sites (tertiary alicyclic amines) is 1. The van der Waals surface area contributed by atoms with Crippen molar-refractivity contribution >= 4 is 11.7 Å². The highest BCUT2D eigenvalue weighted by Crippen LogP contribution is 2.60. The summed E-state index contributed by atoms with van der Waals surface area (Å²) in [6.45, 7) is 5.60. The van der Waals surface area contributed by atoms with E-state index in [1.165, 1.54) is 0 Å². The van der Waals surface area contributed by atoms with E-state index in [4.69, 9.17) is 0 Å². The zero-order valence-corrected chi connectivity index (χ0v) is 20.1. The Morgan fingerprint density at radius 3 is 2.74 bits per heavy atom. The highest BCUT2D eigenvalue weighted by molar-refractivity contribution is 5.92. The molecule has 5 fully saturated rings. The predicted octanol–water partition coefficient (Wildman–Crippen LogP) is 3.18. The number of nitrogens with zero attached hydrogens (tertiary/aromatic N) is 4. The van der Waals surface area contributed by atoms with Crippen LogP contribution >= 0.6 is 0 Å². The highest BCUT2D eigenvalue weighted by Gasteiger charge is 2.59. The lowest BCUT2D eigenvalue weighted by atomic mass is 9.47. The molecule has 4 bridgehead atoms. The molecular weight excluding hydrogens is 431 g/mol. The fraction of sp³-hybridized carbons (Fsp3) is 0.692. The first-order chi connectivity index (χ1) is 16.3. The summed E-state index contributed by atoms with van der Waals surface area (Å²) in [5.41, 5.74) is 0.177. The highest BCUT2D eigenvalue weighted by atomic mass is 19.1. The van der Waals surface area contributed by atoms with E-state index in [0.29, 0.717) is 49.6 Å². The molecule has 3 unspecified atom stereocenters. The van der Waals surface area contributed by atoms with Crippen molar-refractivity contribution in [3.8, 4) is 6.19 Å². The van der Waals surface area contributed by atoms with Gasteiger partial charge in [-0.2, -0.15) is 10.3 Å². The molecular formula is C26H35FN6O. The Balaban J connectivity index is 1.29. The van der Waals surface area contributed by atoms with E-state index in [9.17, 15) is 14.4 Å². The summed E-state index contributed by atoms with van der Waals surface area (Å²) in [4.78, 5) is 23.8. The molecule has 0 aromatic carbocycles. The number of aromatic nitrogens is 1.